The maximum atomic E-state index is 12.5. The lowest BCUT2D eigenvalue weighted by Gasteiger charge is -2.37. The van der Waals surface area contributed by atoms with Gasteiger partial charge in [-0.2, -0.15) is 0 Å². The number of thiocarbonyl (C=S) groups is 1. The lowest BCUT2D eigenvalue weighted by atomic mass is 10.1. The molecule has 1 heterocycles. The molecule has 1 aliphatic heterocycles. The predicted octanol–water partition coefficient (Wildman–Crippen LogP) is 2.78. The van der Waals surface area contributed by atoms with Crippen molar-refractivity contribution in [3.8, 4) is 0 Å². The highest BCUT2D eigenvalue weighted by Crippen LogP contribution is 2.27. The zero-order valence-electron chi connectivity index (χ0n) is 17.0. The van der Waals surface area contributed by atoms with E-state index >= 15 is 0 Å². The van der Waals surface area contributed by atoms with Crippen molar-refractivity contribution in [2.45, 2.75) is 13.3 Å². The van der Waals surface area contributed by atoms with Crippen LogP contribution in [0.3, 0.4) is 0 Å². The molecule has 2 aromatic rings. The van der Waals surface area contributed by atoms with Gasteiger partial charge in [0.05, 0.1) is 16.3 Å². The second kappa shape index (κ2) is 9.98. The van der Waals surface area contributed by atoms with Gasteiger partial charge in [0.25, 0.3) is 11.6 Å². The molecule has 1 saturated heterocycles. The van der Waals surface area contributed by atoms with E-state index in [0.717, 1.165) is 5.69 Å². The minimum atomic E-state index is -0.658. The molecule has 2 aromatic carbocycles. The minimum Gasteiger partial charge on any atom is -0.366 e. The van der Waals surface area contributed by atoms with Crippen LogP contribution in [0.25, 0.3) is 0 Å². The Kier molecular flexibility index (Phi) is 7.14. The number of rotatable bonds is 5. The van der Waals surface area contributed by atoms with E-state index < -0.39 is 10.8 Å². The molecule has 0 unspecified atom stereocenters. The fourth-order valence-electron chi connectivity index (χ4n) is 3.42. The first kappa shape index (κ1) is 22.2. The number of carbonyl (C=O) groups excluding carboxylic acids is 2. The van der Waals surface area contributed by atoms with Gasteiger partial charge in [-0.25, -0.2) is 0 Å². The molecule has 0 spiro atoms. The van der Waals surface area contributed by atoms with Crippen LogP contribution in [0.15, 0.2) is 48.5 Å². The van der Waals surface area contributed by atoms with Gasteiger partial charge in [-0.15, -0.1) is 0 Å². The van der Waals surface area contributed by atoms with Gasteiger partial charge in [-0.05, 0) is 30.4 Å². The van der Waals surface area contributed by atoms with Crippen molar-refractivity contribution in [2.75, 3.05) is 36.4 Å². The van der Waals surface area contributed by atoms with Crippen LogP contribution in [-0.2, 0) is 4.79 Å². The van der Waals surface area contributed by atoms with Crippen molar-refractivity contribution >= 4 is 46.2 Å². The Morgan fingerprint density at radius 3 is 2.39 bits per heavy atom. The van der Waals surface area contributed by atoms with Crippen LogP contribution in [0.1, 0.15) is 23.7 Å². The van der Waals surface area contributed by atoms with Gasteiger partial charge in [0, 0.05) is 38.7 Å². The van der Waals surface area contributed by atoms with Crippen LogP contribution in [-0.4, -0.2) is 52.9 Å². The smallest absolute Gasteiger partial charge is 0.282 e. The number of carbonyl (C=O) groups is 2. The summed E-state index contributed by atoms with van der Waals surface area (Å²) in [7, 11) is 0. The molecule has 0 aliphatic carbocycles. The summed E-state index contributed by atoms with van der Waals surface area (Å²) in [4.78, 5) is 38.9. The Bertz CT molecular complexity index is 1000. The van der Waals surface area contributed by atoms with Gasteiger partial charge in [0.15, 0.2) is 5.11 Å². The number of anilines is 2. The van der Waals surface area contributed by atoms with Crippen LogP contribution >= 0.6 is 12.2 Å². The lowest BCUT2D eigenvalue weighted by Crippen LogP contribution is -2.48. The number of para-hydroxylation sites is 3. The molecule has 0 atom stereocenters. The van der Waals surface area contributed by atoms with E-state index in [1.165, 1.54) is 18.2 Å². The summed E-state index contributed by atoms with van der Waals surface area (Å²) in [5.41, 5.74) is 1.24. The Morgan fingerprint density at radius 2 is 1.71 bits per heavy atom. The molecule has 31 heavy (non-hydrogen) atoms. The molecule has 3 rings (SSSR count). The van der Waals surface area contributed by atoms with Crippen molar-refractivity contribution in [1.82, 2.24) is 10.2 Å². The summed E-state index contributed by atoms with van der Waals surface area (Å²) in [6.45, 7) is 4.49. The monoisotopic (exact) mass is 441 g/mol. The minimum absolute atomic E-state index is 0.0374. The molecule has 0 aromatic heterocycles. The molecule has 1 aliphatic rings. The molecular weight excluding hydrogens is 418 g/mol. The van der Waals surface area contributed by atoms with E-state index in [1.807, 2.05) is 36.1 Å². The standard InChI is InChI=1S/C21H23N5O4S/c1-2-19(27)25-13-11-24(12-14-25)18-10-6-4-8-16(18)22-21(31)23-20(28)15-7-3-5-9-17(15)26(29)30/h3-10H,2,11-14H2,1H3,(H2,22,23,28,31). The molecule has 9 nitrogen and oxygen atoms in total. The van der Waals surface area contributed by atoms with Crippen LogP contribution in [0, 0.1) is 10.1 Å². The van der Waals surface area contributed by atoms with Gasteiger partial charge < -0.3 is 15.1 Å². The van der Waals surface area contributed by atoms with Crippen molar-refractivity contribution in [3.63, 3.8) is 0 Å². The summed E-state index contributed by atoms with van der Waals surface area (Å²) < 4.78 is 0. The number of amides is 2. The van der Waals surface area contributed by atoms with Crippen molar-refractivity contribution in [3.05, 3.63) is 64.2 Å². The fraction of sp³-hybridized carbons (Fsp3) is 0.286. The normalized spacial score (nSPS) is 13.5. The quantitative estimate of drug-likeness (QED) is 0.417. The van der Waals surface area contributed by atoms with Crippen molar-refractivity contribution < 1.29 is 14.5 Å². The van der Waals surface area contributed by atoms with Crippen LogP contribution in [0.2, 0.25) is 0 Å². The number of benzene rings is 2. The first-order valence-corrected chi connectivity index (χ1v) is 10.3. The Balaban J connectivity index is 1.67. The van der Waals surface area contributed by atoms with E-state index in [4.69, 9.17) is 12.2 Å². The number of nitro groups is 1. The Hall–Kier alpha value is -3.53. The highest BCUT2D eigenvalue weighted by Gasteiger charge is 2.23. The van der Waals surface area contributed by atoms with Crippen LogP contribution in [0.4, 0.5) is 17.1 Å². The molecule has 2 N–H and O–H groups in total. The van der Waals surface area contributed by atoms with Crippen LogP contribution in [0.5, 0.6) is 0 Å². The first-order chi connectivity index (χ1) is 14.9. The first-order valence-electron chi connectivity index (χ1n) is 9.88. The largest absolute Gasteiger partial charge is 0.366 e. The maximum absolute atomic E-state index is 12.5. The van der Waals surface area contributed by atoms with Gasteiger partial charge in [0.1, 0.15) is 5.56 Å². The predicted molar refractivity (Wildman–Crippen MR) is 122 cm³/mol. The molecular formula is C21H23N5O4S. The van der Waals surface area contributed by atoms with Crippen molar-refractivity contribution in [1.29, 1.82) is 0 Å². The fourth-order valence-corrected chi connectivity index (χ4v) is 3.63. The number of piperazine rings is 1. The second-order valence-corrected chi connectivity index (χ2v) is 7.33. The van der Waals surface area contributed by atoms with Gasteiger partial charge in [-0.3, -0.25) is 25.0 Å². The van der Waals surface area contributed by atoms with E-state index in [1.54, 1.807) is 6.07 Å². The molecule has 0 bridgehead atoms. The van der Waals surface area contributed by atoms with E-state index in [0.29, 0.717) is 38.3 Å². The number of nitrogens with one attached hydrogen (secondary N) is 2. The van der Waals surface area contributed by atoms with Crippen LogP contribution < -0.4 is 15.5 Å². The SMILES string of the molecule is CCC(=O)N1CCN(c2ccccc2NC(=S)NC(=O)c2ccccc2[N+](=O)[O-])CC1. The number of hydrogen-bond donors (Lipinski definition) is 2. The third kappa shape index (κ3) is 5.34. The summed E-state index contributed by atoms with van der Waals surface area (Å²) in [6, 6.07) is 13.2. The molecule has 1 fully saturated rings. The van der Waals surface area contributed by atoms with Gasteiger partial charge in [-0.1, -0.05) is 31.2 Å². The summed E-state index contributed by atoms with van der Waals surface area (Å²) in [5.74, 6) is -0.515. The third-order valence-electron chi connectivity index (χ3n) is 5.00. The zero-order chi connectivity index (χ0) is 22.4. The zero-order valence-corrected chi connectivity index (χ0v) is 17.9. The summed E-state index contributed by atoms with van der Waals surface area (Å²) >= 11 is 5.27. The topological polar surface area (TPSA) is 108 Å². The number of nitro benzene ring substituents is 1. The van der Waals surface area contributed by atoms with E-state index in [9.17, 15) is 19.7 Å². The molecule has 0 saturated carbocycles. The third-order valence-corrected chi connectivity index (χ3v) is 5.20. The van der Waals surface area contributed by atoms with E-state index in [2.05, 4.69) is 15.5 Å². The summed E-state index contributed by atoms with van der Waals surface area (Å²) in [6.07, 6.45) is 0.492. The molecule has 2 amide bonds. The number of nitrogens with zero attached hydrogens (tertiary/aromatic N) is 3. The average molecular weight is 442 g/mol. The molecule has 0 radical (unpaired) electrons. The highest BCUT2D eigenvalue weighted by atomic mass is 32.1. The van der Waals surface area contributed by atoms with E-state index in [-0.39, 0.29) is 22.3 Å². The lowest BCUT2D eigenvalue weighted by molar-refractivity contribution is -0.385. The Labute approximate surface area is 185 Å². The molecule has 162 valence electrons. The summed E-state index contributed by atoms with van der Waals surface area (Å²) in [5, 5.41) is 16.7. The molecule has 10 heteroatoms. The number of hydrogen-bond acceptors (Lipinski definition) is 6. The highest BCUT2D eigenvalue weighted by molar-refractivity contribution is 7.80. The maximum Gasteiger partial charge on any atom is 0.282 e. The van der Waals surface area contributed by atoms with Crippen molar-refractivity contribution in [2.24, 2.45) is 0 Å². The second-order valence-electron chi connectivity index (χ2n) is 6.92. The Morgan fingerprint density at radius 1 is 1.06 bits per heavy atom. The van der Waals surface area contributed by atoms with Gasteiger partial charge >= 0.3 is 0 Å². The average Bonchev–Trinajstić information content (AvgIpc) is 2.79. The van der Waals surface area contributed by atoms with Gasteiger partial charge in [0.2, 0.25) is 5.91 Å².